The Bertz CT molecular complexity index is 853. The Labute approximate surface area is 139 Å². The molecule has 1 aromatic carbocycles. The van der Waals surface area contributed by atoms with Crippen LogP contribution in [0.15, 0.2) is 6.07 Å². The largest absolute Gasteiger partial charge is 0.445 e. The number of aryl methyl sites for hydroxylation is 2. The van der Waals surface area contributed by atoms with Crippen LogP contribution in [0.25, 0.3) is 10.9 Å². The lowest BCUT2D eigenvalue weighted by atomic mass is 10.0. The van der Waals surface area contributed by atoms with Gasteiger partial charge in [0.05, 0.1) is 23.3 Å². The molecule has 1 saturated heterocycles. The van der Waals surface area contributed by atoms with E-state index in [1.54, 1.807) is 0 Å². The SMILES string of the molecule is Cc1[nH]c2c(C#N)cc(F)c(N3CCC[C@H](OC(N)=O)C3)c2c1C. The molecular weight excluding hydrogens is 311 g/mol. The molecule has 2 aromatic rings. The van der Waals surface area contributed by atoms with Gasteiger partial charge in [0.1, 0.15) is 18.0 Å². The number of amides is 1. The molecule has 0 radical (unpaired) electrons. The second-order valence-electron chi connectivity index (χ2n) is 6.14. The number of fused-ring (bicyclic) bond motifs is 1. The average Bonchev–Trinajstić information content (AvgIpc) is 2.82. The van der Waals surface area contributed by atoms with E-state index < -0.39 is 11.9 Å². The van der Waals surface area contributed by atoms with Gasteiger partial charge >= 0.3 is 6.09 Å². The van der Waals surface area contributed by atoms with Crippen LogP contribution in [0.4, 0.5) is 14.9 Å². The Morgan fingerprint density at radius 2 is 2.29 bits per heavy atom. The van der Waals surface area contributed by atoms with E-state index in [1.165, 1.54) is 6.07 Å². The molecule has 1 aromatic heterocycles. The summed E-state index contributed by atoms with van der Waals surface area (Å²) in [6.45, 7) is 4.83. The van der Waals surface area contributed by atoms with Crippen molar-refractivity contribution in [1.29, 1.82) is 5.26 Å². The number of benzene rings is 1. The van der Waals surface area contributed by atoms with E-state index in [-0.39, 0.29) is 11.7 Å². The Morgan fingerprint density at radius 1 is 1.54 bits per heavy atom. The van der Waals surface area contributed by atoms with Crippen molar-refractivity contribution < 1.29 is 13.9 Å². The van der Waals surface area contributed by atoms with Gasteiger partial charge in [0.15, 0.2) is 0 Å². The maximum absolute atomic E-state index is 14.8. The van der Waals surface area contributed by atoms with Crippen molar-refractivity contribution in [2.24, 2.45) is 5.73 Å². The first kappa shape index (κ1) is 16.1. The number of aromatic amines is 1. The van der Waals surface area contributed by atoms with Crippen LogP contribution in [0.1, 0.15) is 29.7 Å². The molecule has 0 unspecified atom stereocenters. The van der Waals surface area contributed by atoms with Crippen LogP contribution in [0.3, 0.4) is 0 Å². The van der Waals surface area contributed by atoms with Crippen molar-refractivity contribution in [3.63, 3.8) is 0 Å². The second kappa shape index (κ2) is 6.04. The minimum absolute atomic E-state index is 0.282. The zero-order valence-electron chi connectivity index (χ0n) is 13.6. The minimum atomic E-state index is -0.819. The number of hydrogen-bond acceptors (Lipinski definition) is 4. The van der Waals surface area contributed by atoms with Gasteiger partial charge in [-0.15, -0.1) is 0 Å². The molecule has 24 heavy (non-hydrogen) atoms. The molecule has 126 valence electrons. The molecule has 0 spiro atoms. The van der Waals surface area contributed by atoms with Gasteiger partial charge in [0, 0.05) is 17.6 Å². The highest BCUT2D eigenvalue weighted by molar-refractivity contribution is 5.99. The van der Waals surface area contributed by atoms with E-state index in [2.05, 4.69) is 4.98 Å². The van der Waals surface area contributed by atoms with Crippen molar-refractivity contribution >= 4 is 22.7 Å². The van der Waals surface area contributed by atoms with Crippen molar-refractivity contribution in [3.05, 3.63) is 28.7 Å². The zero-order chi connectivity index (χ0) is 17.4. The number of ether oxygens (including phenoxy) is 1. The number of H-pyrrole nitrogens is 1. The number of nitrogens with two attached hydrogens (primary N) is 1. The van der Waals surface area contributed by atoms with Gasteiger partial charge in [-0.1, -0.05) is 0 Å². The highest BCUT2D eigenvalue weighted by Crippen LogP contribution is 2.37. The molecule has 6 nitrogen and oxygen atoms in total. The van der Waals surface area contributed by atoms with Gasteiger partial charge in [0.2, 0.25) is 0 Å². The zero-order valence-corrected chi connectivity index (χ0v) is 13.6. The van der Waals surface area contributed by atoms with E-state index in [4.69, 9.17) is 10.5 Å². The molecule has 1 aliphatic rings. The number of halogens is 1. The summed E-state index contributed by atoms with van der Waals surface area (Å²) in [6, 6.07) is 3.30. The normalized spacial score (nSPS) is 17.8. The molecule has 0 saturated carbocycles. The molecule has 1 fully saturated rings. The van der Waals surface area contributed by atoms with E-state index in [0.717, 1.165) is 17.7 Å². The number of hydrogen-bond donors (Lipinski definition) is 2. The molecule has 0 aliphatic carbocycles. The molecular formula is C17H19FN4O2. The number of nitrogens with one attached hydrogen (secondary N) is 1. The molecule has 3 rings (SSSR count). The van der Waals surface area contributed by atoms with E-state index in [1.807, 2.05) is 24.8 Å². The smallest absolute Gasteiger partial charge is 0.404 e. The summed E-state index contributed by atoms with van der Waals surface area (Å²) in [6.07, 6.45) is 0.287. The molecule has 1 aliphatic heterocycles. The molecule has 3 N–H and O–H groups in total. The van der Waals surface area contributed by atoms with Gasteiger partial charge in [-0.25, -0.2) is 9.18 Å². The average molecular weight is 330 g/mol. The highest BCUT2D eigenvalue weighted by atomic mass is 19.1. The maximum atomic E-state index is 14.8. The Balaban J connectivity index is 2.11. The molecule has 7 heteroatoms. The first-order valence-corrected chi connectivity index (χ1v) is 7.85. The molecule has 1 atom stereocenters. The highest BCUT2D eigenvalue weighted by Gasteiger charge is 2.28. The third kappa shape index (κ3) is 2.64. The van der Waals surface area contributed by atoms with Crippen molar-refractivity contribution in [3.8, 4) is 6.07 Å². The number of carbonyl (C=O) groups is 1. The Kier molecular flexibility index (Phi) is 4.06. The summed E-state index contributed by atoms with van der Waals surface area (Å²) in [4.78, 5) is 16.0. The van der Waals surface area contributed by atoms with E-state index in [0.29, 0.717) is 36.1 Å². The fourth-order valence-corrected chi connectivity index (χ4v) is 3.40. The van der Waals surface area contributed by atoms with Gasteiger partial charge in [0.25, 0.3) is 0 Å². The molecule has 0 bridgehead atoms. The van der Waals surface area contributed by atoms with Crippen LogP contribution >= 0.6 is 0 Å². The number of aromatic nitrogens is 1. The van der Waals surface area contributed by atoms with Gasteiger partial charge in [-0.2, -0.15) is 5.26 Å². The van der Waals surface area contributed by atoms with Crippen LogP contribution in [-0.2, 0) is 4.74 Å². The Morgan fingerprint density at radius 3 is 2.96 bits per heavy atom. The molecule has 2 heterocycles. The maximum Gasteiger partial charge on any atom is 0.404 e. The number of piperidine rings is 1. The number of anilines is 1. The lowest BCUT2D eigenvalue weighted by Crippen LogP contribution is -2.42. The van der Waals surface area contributed by atoms with Crippen molar-refractivity contribution in [1.82, 2.24) is 4.98 Å². The van der Waals surface area contributed by atoms with E-state index in [9.17, 15) is 14.4 Å². The summed E-state index contributed by atoms with van der Waals surface area (Å²) < 4.78 is 19.9. The van der Waals surface area contributed by atoms with E-state index >= 15 is 0 Å². The van der Waals surface area contributed by atoms with Crippen LogP contribution in [0.5, 0.6) is 0 Å². The quantitative estimate of drug-likeness (QED) is 0.885. The minimum Gasteiger partial charge on any atom is -0.445 e. The monoisotopic (exact) mass is 330 g/mol. The predicted octanol–water partition coefficient (Wildman–Crippen LogP) is 2.86. The summed E-state index contributed by atoms with van der Waals surface area (Å²) in [5, 5.41) is 9.99. The number of carbonyl (C=O) groups excluding carboxylic acids is 1. The van der Waals surface area contributed by atoms with Crippen LogP contribution < -0.4 is 10.6 Å². The van der Waals surface area contributed by atoms with Crippen LogP contribution in [0.2, 0.25) is 0 Å². The van der Waals surface area contributed by atoms with Crippen molar-refractivity contribution in [2.45, 2.75) is 32.8 Å². The third-order valence-electron chi connectivity index (χ3n) is 4.60. The first-order chi connectivity index (χ1) is 11.4. The van der Waals surface area contributed by atoms with Crippen molar-refractivity contribution in [2.75, 3.05) is 18.0 Å². The number of nitrogens with zero attached hydrogens (tertiary/aromatic N) is 2. The lowest BCUT2D eigenvalue weighted by molar-refractivity contribution is 0.0965. The summed E-state index contributed by atoms with van der Waals surface area (Å²) in [5.41, 5.74) is 8.28. The summed E-state index contributed by atoms with van der Waals surface area (Å²) in [5.74, 6) is -0.444. The fourth-order valence-electron chi connectivity index (χ4n) is 3.40. The van der Waals surface area contributed by atoms with Crippen LogP contribution in [0, 0.1) is 31.0 Å². The number of rotatable bonds is 2. The first-order valence-electron chi connectivity index (χ1n) is 7.85. The van der Waals surface area contributed by atoms with Crippen LogP contribution in [-0.4, -0.2) is 30.3 Å². The lowest BCUT2D eigenvalue weighted by Gasteiger charge is -2.34. The van der Waals surface area contributed by atoms with Gasteiger partial charge in [-0.05, 0) is 38.3 Å². The standard InChI is InChI=1S/C17H19FN4O2/c1-9-10(2)21-15-11(7-19)6-13(18)16(14(9)15)22-5-3-4-12(8-22)24-17(20)23/h6,12,21H,3-5,8H2,1-2H3,(H2,20,23)/t12-/m0/s1. The van der Waals surface area contributed by atoms with Gasteiger partial charge in [-0.3, -0.25) is 0 Å². The summed E-state index contributed by atoms with van der Waals surface area (Å²) >= 11 is 0. The topological polar surface area (TPSA) is 95.1 Å². The predicted molar refractivity (Wildman–Crippen MR) is 88.3 cm³/mol. The Hall–Kier alpha value is -2.75. The fraction of sp³-hybridized carbons (Fsp3) is 0.412. The van der Waals surface area contributed by atoms with Gasteiger partial charge < -0.3 is 20.4 Å². The molecule has 1 amide bonds. The summed E-state index contributed by atoms with van der Waals surface area (Å²) in [7, 11) is 0. The third-order valence-corrected chi connectivity index (χ3v) is 4.60. The second-order valence-corrected chi connectivity index (χ2v) is 6.14. The number of nitriles is 1. The number of primary amides is 1.